The highest BCUT2D eigenvalue weighted by Crippen LogP contribution is 2.27. The van der Waals surface area contributed by atoms with E-state index in [1.165, 1.54) is 32.1 Å². The van der Waals surface area contributed by atoms with Crippen molar-refractivity contribution in [2.24, 2.45) is 5.92 Å². The van der Waals surface area contributed by atoms with Gasteiger partial charge in [-0.3, -0.25) is 9.59 Å². The number of nitrogens with one attached hydrogen (secondary N) is 1. The lowest BCUT2D eigenvalue weighted by molar-refractivity contribution is 0.102. The van der Waals surface area contributed by atoms with Gasteiger partial charge >= 0.3 is 0 Å². The van der Waals surface area contributed by atoms with Gasteiger partial charge in [0.1, 0.15) is 5.56 Å². The van der Waals surface area contributed by atoms with E-state index in [9.17, 15) is 9.59 Å². The van der Waals surface area contributed by atoms with E-state index in [-0.39, 0.29) is 11.3 Å². The van der Waals surface area contributed by atoms with Crippen LogP contribution in [0.25, 0.3) is 0 Å². The third-order valence-corrected chi connectivity index (χ3v) is 6.21. The topological polar surface area (TPSA) is 51.1 Å². The lowest BCUT2D eigenvalue weighted by atomic mass is 9.89. The minimum absolute atomic E-state index is 0.183. The van der Waals surface area contributed by atoms with Gasteiger partial charge < -0.3 is 9.88 Å². The summed E-state index contributed by atoms with van der Waals surface area (Å²) in [6, 6.07) is 7.46. The fourth-order valence-corrected chi connectivity index (χ4v) is 4.39. The molecule has 1 fully saturated rings. The van der Waals surface area contributed by atoms with Crippen LogP contribution in [0.4, 0.5) is 5.69 Å². The van der Waals surface area contributed by atoms with E-state index in [0.717, 1.165) is 34.7 Å². The summed E-state index contributed by atoms with van der Waals surface area (Å²) in [6.07, 6.45) is 7.02. The molecule has 0 spiro atoms. The van der Waals surface area contributed by atoms with Gasteiger partial charge in [-0.15, -0.1) is 0 Å². The number of carbonyl (C=O) groups is 1. The summed E-state index contributed by atoms with van der Waals surface area (Å²) in [5.41, 5.74) is 4.84. The summed E-state index contributed by atoms with van der Waals surface area (Å²) in [5, 5.41) is 2.98. The zero-order chi connectivity index (χ0) is 20.3. The van der Waals surface area contributed by atoms with Crippen LogP contribution in [0.2, 0.25) is 0 Å². The molecule has 4 heteroatoms. The Hall–Kier alpha value is -2.36. The summed E-state index contributed by atoms with van der Waals surface area (Å²) >= 11 is 0. The van der Waals surface area contributed by atoms with Crippen LogP contribution in [0.1, 0.15) is 71.9 Å². The number of benzene rings is 1. The Labute approximate surface area is 168 Å². The third kappa shape index (κ3) is 4.21. The number of pyridine rings is 1. The number of hydrogen-bond donors (Lipinski definition) is 1. The fraction of sp³-hybridized carbons (Fsp3) is 0.500. The molecule has 0 atom stereocenters. The number of aromatic nitrogens is 1. The highest BCUT2D eigenvalue weighted by atomic mass is 16.2. The quantitative estimate of drug-likeness (QED) is 0.778. The van der Waals surface area contributed by atoms with Crippen molar-refractivity contribution >= 4 is 11.6 Å². The second-order valence-electron chi connectivity index (χ2n) is 8.14. The smallest absolute Gasteiger partial charge is 0.261 e. The molecule has 1 amide bonds. The lowest BCUT2D eigenvalue weighted by Gasteiger charge is -2.26. The molecule has 28 heavy (non-hydrogen) atoms. The molecule has 3 rings (SSSR count). The van der Waals surface area contributed by atoms with Gasteiger partial charge in [-0.05, 0) is 63.1 Å². The molecule has 0 aliphatic heterocycles. The standard InChI is InChI=1S/C24H32N2O2/c1-5-21-23(24(28)25-20-13-9-10-16(2)18(20)4)22(27)14-17(3)26(21)15-19-11-7-6-8-12-19/h9-10,13-14,19H,5-8,11-12,15H2,1-4H3,(H,25,28). The minimum atomic E-state index is -0.298. The summed E-state index contributed by atoms with van der Waals surface area (Å²) in [7, 11) is 0. The molecular formula is C24H32N2O2. The Morgan fingerprint density at radius 3 is 2.54 bits per heavy atom. The number of amides is 1. The van der Waals surface area contributed by atoms with Crippen molar-refractivity contribution in [1.29, 1.82) is 0 Å². The average molecular weight is 381 g/mol. The summed E-state index contributed by atoms with van der Waals surface area (Å²) in [5.74, 6) is 0.336. The first-order valence-corrected chi connectivity index (χ1v) is 10.5. The predicted molar refractivity (Wildman–Crippen MR) is 115 cm³/mol. The van der Waals surface area contributed by atoms with Gasteiger partial charge in [-0.1, -0.05) is 38.3 Å². The molecule has 1 aliphatic rings. The monoisotopic (exact) mass is 380 g/mol. The molecule has 1 N–H and O–H groups in total. The van der Waals surface area contributed by atoms with Crippen LogP contribution >= 0.6 is 0 Å². The SMILES string of the molecule is CCc1c(C(=O)Nc2cccc(C)c2C)c(=O)cc(C)n1CC1CCCCC1. The van der Waals surface area contributed by atoms with Gasteiger partial charge in [-0.25, -0.2) is 0 Å². The van der Waals surface area contributed by atoms with Gasteiger partial charge in [-0.2, -0.15) is 0 Å². The highest BCUT2D eigenvalue weighted by Gasteiger charge is 2.22. The maximum atomic E-state index is 13.1. The molecule has 0 saturated heterocycles. The molecule has 2 aromatic rings. The van der Waals surface area contributed by atoms with Crippen LogP contribution in [-0.2, 0) is 13.0 Å². The Kier molecular flexibility index (Phi) is 6.38. The molecule has 0 radical (unpaired) electrons. The molecule has 1 aliphatic carbocycles. The summed E-state index contributed by atoms with van der Waals surface area (Å²) in [4.78, 5) is 25.9. The van der Waals surface area contributed by atoms with Crippen LogP contribution < -0.4 is 10.7 Å². The maximum absolute atomic E-state index is 13.1. The first-order valence-electron chi connectivity index (χ1n) is 10.5. The highest BCUT2D eigenvalue weighted by molar-refractivity contribution is 6.05. The van der Waals surface area contributed by atoms with Crippen LogP contribution in [0.15, 0.2) is 29.1 Å². The Bertz CT molecular complexity index is 921. The maximum Gasteiger partial charge on any atom is 0.261 e. The number of rotatable bonds is 5. The van der Waals surface area contributed by atoms with Crippen molar-refractivity contribution in [3.63, 3.8) is 0 Å². The molecule has 1 saturated carbocycles. The number of anilines is 1. The predicted octanol–water partition coefficient (Wildman–Crippen LogP) is 5.17. The van der Waals surface area contributed by atoms with Crippen molar-refractivity contribution in [2.75, 3.05) is 5.32 Å². The number of nitrogens with zero attached hydrogens (tertiary/aromatic N) is 1. The molecule has 150 valence electrons. The van der Waals surface area contributed by atoms with Crippen molar-refractivity contribution < 1.29 is 4.79 Å². The lowest BCUT2D eigenvalue weighted by Crippen LogP contribution is -2.30. The second-order valence-corrected chi connectivity index (χ2v) is 8.14. The molecule has 1 heterocycles. The van der Waals surface area contributed by atoms with E-state index in [0.29, 0.717) is 17.9 Å². The van der Waals surface area contributed by atoms with Crippen LogP contribution in [-0.4, -0.2) is 10.5 Å². The van der Waals surface area contributed by atoms with Crippen molar-refractivity contribution in [2.45, 2.75) is 72.8 Å². The van der Waals surface area contributed by atoms with Gasteiger partial charge in [0.15, 0.2) is 5.43 Å². The Balaban J connectivity index is 1.97. The summed E-state index contributed by atoms with van der Waals surface area (Å²) < 4.78 is 2.22. The fourth-order valence-electron chi connectivity index (χ4n) is 4.39. The Morgan fingerprint density at radius 2 is 1.86 bits per heavy atom. The van der Waals surface area contributed by atoms with Crippen LogP contribution in [0.3, 0.4) is 0 Å². The zero-order valence-electron chi connectivity index (χ0n) is 17.6. The largest absolute Gasteiger partial charge is 0.348 e. The molecule has 0 bridgehead atoms. The molecule has 1 aromatic carbocycles. The first kappa shape index (κ1) is 20.4. The van der Waals surface area contributed by atoms with Crippen LogP contribution in [0, 0.1) is 26.7 Å². The van der Waals surface area contributed by atoms with Gasteiger partial charge in [0, 0.05) is 29.7 Å². The molecule has 0 unspecified atom stereocenters. The van der Waals surface area contributed by atoms with Crippen LogP contribution in [0.5, 0.6) is 0 Å². The zero-order valence-corrected chi connectivity index (χ0v) is 17.6. The Morgan fingerprint density at radius 1 is 1.14 bits per heavy atom. The average Bonchev–Trinajstić information content (AvgIpc) is 2.68. The van der Waals surface area contributed by atoms with E-state index in [2.05, 4.69) is 9.88 Å². The van der Waals surface area contributed by atoms with E-state index in [1.54, 1.807) is 6.07 Å². The minimum Gasteiger partial charge on any atom is -0.348 e. The molecule has 1 aromatic heterocycles. The number of hydrogen-bond acceptors (Lipinski definition) is 2. The normalized spacial score (nSPS) is 14.9. The van der Waals surface area contributed by atoms with E-state index in [1.807, 2.05) is 45.9 Å². The second kappa shape index (κ2) is 8.76. The van der Waals surface area contributed by atoms with Gasteiger partial charge in [0.2, 0.25) is 0 Å². The van der Waals surface area contributed by atoms with Gasteiger partial charge in [0.25, 0.3) is 5.91 Å². The van der Waals surface area contributed by atoms with E-state index < -0.39 is 0 Å². The molecule has 4 nitrogen and oxygen atoms in total. The summed E-state index contributed by atoms with van der Waals surface area (Å²) in [6.45, 7) is 8.92. The van der Waals surface area contributed by atoms with E-state index >= 15 is 0 Å². The third-order valence-electron chi connectivity index (χ3n) is 6.21. The van der Waals surface area contributed by atoms with Gasteiger partial charge in [0.05, 0.1) is 0 Å². The molecular weight excluding hydrogens is 348 g/mol. The van der Waals surface area contributed by atoms with E-state index in [4.69, 9.17) is 0 Å². The number of aryl methyl sites for hydroxylation is 2. The van der Waals surface area contributed by atoms with Crippen molar-refractivity contribution in [3.05, 3.63) is 62.6 Å². The van der Waals surface area contributed by atoms with Crippen molar-refractivity contribution in [3.8, 4) is 0 Å². The van der Waals surface area contributed by atoms with Crippen molar-refractivity contribution in [1.82, 2.24) is 4.57 Å². The first-order chi connectivity index (χ1) is 13.4. The number of carbonyl (C=O) groups excluding carboxylic acids is 1.